The van der Waals surface area contributed by atoms with Crippen LogP contribution in [0, 0.1) is 32.1 Å². The fourth-order valence-corrected chi connectivity index (χ4v) is 2.46. The second-order valence-electron chi connectivity index (χ2n) is 6.79. The number of nitrogens with two attached hydrogens (primary N) is 1. The van der Waals surface area contributed by atoms with Crippen molar-refractivity contribution >= 4 is 16.9 Å². The van der Waals surface area contributed by atoms with E-state index in [-0.39, 0.29) is 5.41 Å². The number of nitrogen functional groups attached to an aromatic ring is 1. The van der Waals surface area contributed by atoms with Gasteiger partial charge in [0.15, 0.2) is 0 Å². The highest BCUT2D eigenvalue weighted by Gasteiger charge is 2.26. The molecule has 0 fully saturated rings. The van der Waals surface area contributed by atoms with Gasteiger partial charge in [-0.15, -0.1) is 0 Å². The highest BCUT2D eigenvalue weighted by atomic mass is 15.1. The molecule has 2 N–H and O–H groups in total. The van der Waals surface area contributed by atoms with Crippen molar-refractivity contribution in [3.63, 3.8) is 0 Å². The molecule has 0 radical (unpaired) electrons. The van der Waals surface area contributed by atoms with Gasteiger partial charge in [0, 0.05) is 12.2 Å². The molecule has 0 atom stereocenters. The maximum Gasteiger partial charge on any atom is 0.146 e. The van der Waals surface area contributed by atoms with Gasteiger partial charge in [0.1, 0.15) is 17.3 Å². The van der Waals surface area contributed by atoms with E-state index in [1.165, 1.54) is 11.3 Å². The molecule has 2 aromatic heterocycles. The molecule has 0 saturated carbocycles. The Hall–Kier alpha value is -1.58. The van der Waals surface area contributed by atoms with Crippen molar-refractivity contribution in [3.05, 3.63) is 17.1 Å². The molecule has 4 heteroatoms. The summed E-state index contributed by atoms with van der Waals surface area (Å²) in [5.74, 6) is 1.92. The number of anilines is 1. The zero-order valence-corrected chi connectivity index (χ0v) is 13.7. The molecule has 0 unspecified atom stereocenters. The summed E-state index contributed by atoms with van der Waals surface area (Å²) in [5, 5.41) is 1.01. The molecule has 2 rings (SSSR count). The van der Waals surface area contributed by atoms with Crippen molar-refractivity contribution in [1.29, 1.82) is 0 Å². The lowest BCUT2D eigenvalue weighted by Gasteiger charge is -2.30. The Bertz CT molecular complexity index is 650. The molecule has 110 valence electrons. The summed E-state index contributed by atoms with van der Waals surface area (Å²) in [5.41, 5.74) is 9.70. The first-order valence-corrected chi connectivity index (χ1v) is 7.24. The summed E-state index contributed by atoms with van der Waals surface area (Å²) in [6.07, 6.45) is 0. The minimum absolute atomic E-state index is 0.205. The molecule has 0 bridgehead atoms. The maximum absolute atomic E-state index is 6.10. The molecule has 0 aliphatic heterocycles. The van der Waals surface area contributed by atoms with Crippen LogP contribution in [0.1, 0.15) is 44.8 Å². The second-order valence-corrected chi connectivity index (χ2v) is 6.79. The first-order chi connectivity index (χ1) is 9.15. The normalized spacial score (nSPS) is 12.6. The summed E-state index contributed by atoms with van der Waals surface area (Å²) in [7, 11) is 0. The van der Waals surface area contributed by atoms with E-state index in [0.717, 1.165) is 23.4 Å². The lowest BCUT2D eigenvalue weighted by atomic mass is 9.81. The summed E-state index contributed by atoms with van der Waals surface area (Å²) in [4.78, 5) is 8.94. The van der Waals surface area contributed by atoms with Crippen LogP contribution >= 0.6 is 0 Å². The van der Waals surface area contributed by atoms with E-state index in [2.05, 4.69) is 56.1 Å². The molecule has 4 nitrogen and oxygen atoms in total. The summed E-state index contributed by atoms with van der Waals surface area (Å²) >= 11 is 0. The fourth-order valence-electron chi connectivity index (χ4n) is 2.46. The molecular weight excluding hydrogens is 248 g/mol. The van der Waals surface area contributed by atoms with Crippen molar-refractivity contribution in [2.24, 2.45) is 11.3 Å². The lowest BCUT2D eigenvalue weighted by molar-refractivity contribution is 0.211. The topological polar surface area (TPSA) is 56.7 Å². The molecule has 0 aromatic carbocycles. The second kappa shape index (κ2) is 4.76. The van der Waals surface area contributed by atoms with E-state index < -0.39 is 0 Å². The molecule has 0 aliphatic carbocycles. The minimum Gasteiger partial charge on any atom is -0.383 e. The van der Waals surface area contributed by atoms with Crippen LogP contribution in [0.4, 0.5) is 5.82 Å². The number of hydrogen-bond donors (Lipinski definition) is 1. The molecule has 0 saturated heterocycles. The molecule has 20 heavy (non-hydrogen) atoms. The van der Waals surface area contributed by atoms with Crippen molar-refractivity contribution in [2.75, 3.05) is 5.73 Å². The Morgan fingerprint density at radius 3 is 2.30 bits per heavy atom. The monoisotopic (exact) mass is 274 g/mol. The first-order valence-electron chi connectivity index (χ1n) is 7.24. The van der Waals surface area contributed by atoms with Crippen LogP contribution in [-0.4, -0.2) is 14.5 Å². The van der Waals surface area contributed by atoms with Gasteiger partial charge in [0.25, 0.3) is 0 Å². The number of hydrogen-bond acceptors (Lipinski definition) is 3. The number of nitrogens with zero attached hydrogens (tertiary/aromatic N) is 3. The number of aromatic nitrogens is 3. The number of fused-ring (bicyclic) bond motifs is 1. The average molecular weight is 274 g/mol. The Morgan fingerprint density at radius 1 is 1.15 bits per heavy atom. The van der Waals surface area contributed by atoms with Crippen LogP contribution in [-0.2, 0) is 6.54 Å². The maximum atomic E-state index is 6.10. The fraction of sp³-hybridized carbons (Fsp3) is 0.625. The van der Waals surface area contributed by atoms with E-state index in [4.69, 9.17) is 5.73 Å². The van der Waals surface area contributed by atoms with E-state index in [0.29, 0.717) is 11.7 Å². The predicted octanol–water partition coefficient (Wildman–Crippen LogP) is 3.62. The van der Waals surface area contributed by atoms with E-state index in [9.17, 15) is 0 Å². The van der Waals surface area contributed by atoms with Gasteiger partial charge in [-0.1, -0.05) is 27.7 Å². The van der Waals surface area contributed by atoms with Gasteiger partial charge in [-0.05, 0) is 37.7 Å². The van der Waals surface area contributed by atoms with E-state index in [1.807, 2.05) is 6.92 Å². The third kappa shape index (κ3) is 2.28. The van der Waals surface area contributed by atoms with Gasteiger partial charge in [-0.2, -0.15) is 0 Å². The van der Waals surface area contributed by atoms with Gasteiger partial charge in [-0.25, -0.2) is 9.97 Å². The highest BCUT2D eigenvalue weighted by molar-refractivity contribution is 5.91. The quantitative estimate of drug-likeness (QED) is 0.930. The van der Waals surface area contributed by atoms with Gasteiger partial charge < -0.3 is 10.3 Å². The zero-order chi connectivity index (χ0) is 15.2. The van der Waals surface area contributed by atoms with Crippen molar-refractivity contribution in [1.82, 2.24) is 14.5 Å². The Morgan fingerprint density at radius 2 is 1.75 bits per heavy atom. The van der Waals surface area contributed by atoms with Crippen LogP contribution in [0.2, 0.25) is 0 Å². The lowest BCUT2D eigenvalue weighted by Crippen LogP contribution is -2.26. The van der Waals surface area contributed by atoms with Crippen LogP contribution in [0.25, 0.3) is 11.0 Å². The minimum atomic E-state index is 0.205. The van der Waals surface area contributed by atoms with E-state index >= 15 is 0 Å². The van der Waals surface area contributed by atoms with Gasteiger partial charge in [0.05, 0.1) is 5.39 Å². The predicted molar refractivity (Wildman–Crippen MR) is 84.8 cm³/mol. The van der Waals surface area contributed by atoms with Gasteiger partial charge in [0.2, 0.25) is 0 Å². The number of aryl methyl sites for hydroxylation is 2. The highest BCUT2D eigenvalue weighted by Crippen LogP contribution is 2.33. The van der Waals surface area contributed by atoms with Crippen LogP contribution < -0.4 is 5.73 Å². The molecule has 0 aliphatic rings. The SMILES string of the molecule is Cc1nc(N)c2c(C)c(C)n(CC(C)(C)C(C)C)c2n1. The molecular formula is C16H26N4. The van der Waals surface area contributed by atoms with Crippen LogP contribution in [0.5, 0.6) is 0 Å². The summed E-state index contributed by atoms with van der Waals surface area (Å²) in [6, 6.07) is 0. The summed E-state index contributed by atoms with van der Waals surface area (Å²) in [6.45, 7) is 16.2. The van der Waals surface area contributed by atoms with Gasteiger partial charge >= 0.3 is 0 Å². The Labute approximate surface area is 121 Å². The van der Waals surface area contributed by atoms with Gasteiger partial charge in [-0.3, -0.25) is 0 Å². The number of rotatable bonds is 3. The Balaban J connectivity index is 2.68. The average Bonchev–Trinajstić information content (AvgIpc) is 2.54. The Kier molecular flexibility index (Phi) is 3.53. The molecule has 0 amide bonds. The first kappa shape index (κ1) is 14.8. The van der Waals surface area contributed by atoms with Crippen LogP contribution in [0.3, 0.4) is 0 Å². The van der Waals surface area contributed by atoms with Crippen molar-refractivity contribution in [3.8, 4) is 0 Å². The molecule has 2 aromatic rings. The smallest absolute Gasteiger partial charge is 0.146 e. The third-order valence-corrected chi connectivity index (χ3v) is 4.74. The van der Waals surface area contributed by atoms with Crippen LogP contribution in [0.15, 0.2) is 0 Å². The summed E-state index contributed by atoms with van der Waals surface area (Å²) < 4.78 is 2.30. The standard InChI is InChI=1S/C16H26N4/c1-9(2)16(6,7)8-20-11(4)10(3)13-14(17)18-12(5)19-15(13)20/h9H,8H2,1-7H3,(H2,17,18,19). The largest absolute Gasteiger partial charge is 0.383 e. The zero-order valence-electron chi connectivity index (χ0n) is 13.7. The molecule has 2 heterocycles. The van der Waals surface area contributed by atoms with Crippen molar-refractivity contribution in [2.45, 2.75) is 55.0 Å². The molecule has 0 spiro atoms. The van der Waals surface area contributed by atoms with Crippen molar-refractivity contribution < 1.29 is 0 Å². The van der Waals surface area contributed by atoms with E-state index in [1.54, 1.807) is 0 Å². The third-order valence-electron chi connectivity index (χ3n) is 4.74.